The molecule has 9 rings (SSSR count). The van der Waals surface area contributed by atoms with E-state index in [1.54, 1.807) is 0 Å². The van der Waals surface area contributed by atoms with Gasteiger partial charge in [0.2, 0.25) is 0 Å². The lowest BCUT2D eigenvalue weighted by Gasteiger charge is -2.25. The van der Waals surface area contributed by atoms with Gasteiger partial charge in [0.1, 0.15) is 11.5 Å². The van der Waals surface area contributed by atoms with E-state index in [0.29, 0.717) is 0 Å². The molecule has 0 spiro atoms. The van der Waals surface area contributed by atoms with Crippen molar-refractivity contribution in [3.63, 3.8) is 0 Å². The van der Waals surface area contributed by atoms with E-state index < -0.39 is 0 Å². The Morgan fingerprint density at radius 3 is 1.90 bits per heavy atom. The van der Waals surface area contributed by atoms with Crippen molar-refractivity contribution >= 4 is 43.1 Å². The van der Waals surface area contributed by atoms with Crippen LogP contribution in [-0.4, -0.2) is 0 Å². The SMILES string of the molecule is c1ccc2c(c1)Oc1c(-c3ccc(-c4ccc5c(ccc6ccccc65)c4)cc3)c3ccccc3c3cccc-2c13. The molecule has 8 aromatic carbocycles. The quantitative estimate of drug-likeness (QED) is 0.206. The summed E-state index contributed by atoms with van der Waals surface area (Å²) in [5, 5.41) is 9.99. The van der Waals surface area contributed by atoms with Crippen LogP contribution in [0.2, 0.25) is 0 Å². The van der Waals surface area contributed by atoms with E-state index in [9.17, 15) is 0 Å². The molecule has 0 N–H and O–H groups in total. The Morgan fingerprint density at radius 1 is 0.366 bits per heavy atom. The first kappa shape index (κ1) is 22.4. The molecule has 8 aromatic rings. The van der Waals surface area contributed by atoms with Gasteiger partial charge in [-0.25, -0.2) is 0 Å². The van der Waals surface area contributed by atoms with Crippen molar-refractivity contribution in [2.75, 3.05) is 0 Å². The maximum Gasteiger partial charge on any atom is 0.144 e. The molecule has 190 valence electrons. The summed E-state index contributed by atoms with van der Waals surface area (Å²) in [5.41, 5.74) is 7.10. The predicted octanol–water partition coefficient (Wildman–Crippen LogP) is 11.4. The highest BCUT2D eigenvalue weighted by atomic mass is 16.5. The molecule has 0 fully saturated rings. The fraction of sp³-hybridized carbons (Fsp3) is 0. The molecule has 0 saturated carbocycles. The molecule has 0 atom stereocenters. The van der Waals surface area contributed by atoms with Crippen LogP contribution < -0.4 is 4.74 Å². The summed E-state index contributed by atoms with van der Waals surface area (Å²) in [4.78, 5) is 0. The smallest absolute Gasteiger partial charge is 0.144 e. The molecule has 1 heteroatoms. The average molecular weight is 521 g/mol. The third-order valence-electron chi connectivity index (χ3n) is 8.65. The maximum atomic E-state index is 6.74. The van der Waals surface area contributed by atoms with Gasteiger partial charge in [-0.2, -0.15) is 0 Å². The molecule has 0 aliphatic carbocycles. The second-order valence-corrected chi connectivity index (χ2v) is 10.9. The normalized spacial score (nSPS) is 12.1. The molecule has 1 aliphatic heterocycles. The Kier molecular flexibility index (Phi) is 4.67. The lowest BCUT2D eigenvalue weighted by Crippen LogP contribution is -2.00. The van der Waals surface area contributed by atoms with Crippen LogP contribution >= 0.6 is 0 Å². The third-order valence-corrected chi connectivity index (χ3v) is 8.65. The lowest BCUT2D eigenvalue weighted by atomic mass is 9.86. The zero-order valence-corrected chi connectivity index (χ0v) is 22.3. The van der Waals surface area contributed by atoms with Crippen LogP contribution in [0, 0.1) is 0 Å². The predicted molar refractivity (Wildman–Crippen MR) is 173 cm³/mol. The van der Waals surface area contributed by atoms with Crippen LogP contribution in [0.1, 0.15) is 0 Å². The summed E-state index contributed by atoms with van der Waals surface area (Å²) in [6, 6.07) is 52.5. The monoisotopic (exact) mass is 520 g/mol. The van der Waals surface area contributed by atoms with Crippen LogP contribution in [0.3, 0.4) is 0 Å². The largest absolute Gasteiger partial charge is 0.455 e. The van der Waals surface area contributed by atoms with Crippen molar-refractivity contribution in [2.24, 2.45) is 0 Å². The number of rotatable bonds is 2. The highest BCUT2D eigenvalue weighted by Crippen LogP contribution is 2.53. The van der Waals surface area contributed by atoms with Gasteiger partial charge < -0.3 is 4.74 Å². The van der Waals surface area contributed by atoms with E-state index in [-0.39, 0.29) is 0 Å². The van der Waals surface area contributed by atoms with Gasteiger partial charge in [-0.05, 0) is 72.1 Å². The minimum absolute atomic E-state index is 0.907. The Morgan fingerprint density at radius 2 is 1.00 bits per heavy atom. The van der Waals surface area contributed by atoms with Crippen molar-refractivity contribution < 1.29 is 4.74 Å². The summed E-state index contributed by atoms with van der Waals surface area (Å²) in [6.07, 6.45) is 0. The summed E-state index contributed by atoms with van der Waals surface area (Å²) in [7, 11) is 0. The van der Waals surface area contributed by atoms with Gasteiger partial charge in [0.15, 0.2) is 0 Å². The molecule has 0 bridgehead atoms. The number of hydrogen-bond donors (Lipinski definition) is 0. The lowest BCUT2D eigenvalue weighted by molar-refractivity contribution is 0.489. The van der Waals surface area contributed by atoms with Gasteiger partial charge in [0, 0.05) is 16.5 Å². The molecule has 0 unspecified atom stereocenters. The summed E-state index contributed by atoms with van der Waals surface area (Å²) in [5.74, 6) is 1.85. The first-order valence-corrected chi connectivity index (χ1v) is 14.1. The third kappa shape index (κ3) is 3.30. The van der Waals surface area contributed by atoms with E-state index >= 15 is 0 Å². The van der Waals surface area contributed by atoms with Gasteiger partial charge in [0.05, 0.1) is 0 Å². The summed E-state index contributed by atoms with van der Waals surface area (Å²) < 4.78 is 6.74. The van der Waals surface area contributed by atoms with Gasteiger partial charge in [-0.15, -0.1) is 0 Å². The van der Waals surface area contributed by atoms with E-state index in [2.05, 4.69) is 140 Å². The van der Waals surface area contributed by atoms with E-state index in [1.165, 1.54) is 59.8 Å². The molecule has 41 heavy (non-hydrogen) atoms. The van der Waals surface area contributed by atoms with Crippen molar-refractivity contribution in [3.05, 3.63) is 146 Å². The van der Waals surface area contributed by atoms with Crippen LogP contribution in [0.25, 0.3) is 76.5 Å². The van der Waals surface area contributed by atoms with Crippen LogP contribution in [0.15, 0.2) is 146 Å². The topological polar surface area (TPSA) is 9.23 Å². The molecule has 1 heterocycles. The number of para-hydroxylation sites is 1. The van der Waals surface area contributed by atoms with Crippen LogP contribution in [-0.2, 0) is 0 Å². The second kappa shape index (κ2) is 8.55. The molecule has 1 aliphatic rings. The highest BCUT2D eigenvalue weighted by molar-refractivity contribution is 6.22. The minimum Gasteiger partial charge on any atom is -0.455 e. The van der Waals surface area contributed by atoms with Crippen molar-refractivity contribution in [2.45, 2.75) is 0 Å². The van der Waals surface area contributed by atoms with Crippen LogP contribution in [0.5, 0.6) is 11.5 Å². The van der Waals surface area contributed by atoms with Crippen molar-refractivity contribution in [3.8, 4) is 44.9 Å². The Bertz CT molecular complexity index is 2330. The number of benzene rings is 8. The molecule has 0 amide bonds. The zero-order valence-electron chi connectivity index (χ0n) is 22.3. The molecular formula is C40H24O. The summed E-state index contributed by atoms with van der Waals surface area (Å²) in [6.45, 7) is 0. The van der Waals surface area contributed by atoms with Crippen molar-refractivity contribution in [1.29, 1.82) is 0 Å². The Balaban J connectivity index is 1.23. The van der Waals surface area contributed by atoms with Gasteiger partial charge in [0.25, 0.3) is 0 Å². The first-order valence-electron chi connectivity index (χ1n) is 14.1. The standard InChI is InChI=1S/C40H24O/c1-2-9-30-26(8-1)18-21-29-24-28(22-23-31(29)30)25-16-19-27(20-17-25)38-34-12-4-3-10-32(34)35-13-7-14-36-33-11-5-6-15-37(33)41-40(38)39(35)36/h1-24H. The molecular weight excluding hydrogens is 496 g/mol. The van der Waals surface area contributed by atoms with E-state index in [4.69, 9.17) is 4.74 Å². The number of ether oxygens (including phenoxy) is 1. The van der Waals surface area contributed by atoms with E-state index in [0.717, 1.165) is 28.2 Å². The fourth-order valence-corrected chi connectivity index (χ4v) is 6.73. The van der Waals surface area contributed by atoms with Gasteiger partial charge in [-0.3, -0.25) is 0 Å². The van der Waals surface area contributed by atoms with Gasteiger partial charge in [-0.1, -0.05) is 133 Å². The van der Waals surface area contributed by atoms with Crippen LogP contribution in [0.4, 0.5) is 0 Å². The molecule has 0 saturated heterocycles. The minimum atomic E-state index is 0.907. The average Bonchev–Trinajstić information content (AvgIpc) is 3.05. The molecule has 0 radical (unpaired) electrons. The van der Waals surface area contributed by atoms with Gasteiger partial charge >= 0.3 is 0 Å². The Hall–Kier alpha value is -5.40. The maximum absolute atomic E-state index is 6.74. The number of fused-ring (bicyclic) bond motifs is 7. The second-order valence-electron chi connectivity index (χ2n) is 10.9. The number of hydrogen-bond acceptors (Lipinski definition) is 1. The summed E-state index contributed by atoms with van der Waals surface area (Å²) >= 11 is 0. The fourth-order valence-electron chi connectivity index (χ4n) is 6.73. The molecule has 1 nitrogen and oxygen atoms in total. The zero-order chi connectivity index (χ0) is 26.9. The Labute approximate surface area is 237 Å². The first-order chi connectivity index (χ1) is 20.3. The van der Waals surface area contributed by atoms with Crippen molar-refractivity contribution in [1.82, 2.24) is 0 Å². The highest BCUT2D eigenvalue weighted by Gasteiger charge is 2.25. The van der Waals surface area contributed by atoms with E-state index in [1.807, 2.05) is 6.07 Å². The molecule has 0 aromatic heterocycles.